The first-order chi connectivity index (χ1) is 11.3. The molecular weight excluding hydrogens is 357 g/mol. The normalized spacial score (nSPS) is 12.3. The van der Waals surface area contributed by atoms with Gasteiger partial charge in [0.05, 0.1) is 11.2 Å². The number of H-pyrrole nitrogens is 2. The minimum absolute atomic E-state index is 0.0533. The molecule has 2 aromatic carbocycles. The van der Waals surface area contributed by atoms with Gasteiger partial charge in [-0.25, -0.2) is 4.39 Å². The van der Waals surface area contributed by atoms with Crippen LogP contribution in [0.3, 0.4) is 0 Å². The quantitative estimate of drug-likeness (QED) is 0.471. The Hall–Kier alpha value is -2.42. The average molecular weight is 366 g/mol. The number of aromatic amines is 2. The van der Waals surface area contributed by atoms with E-state index in [-0.39, 0.29) is 5.39 Å². The lowest BCUT2D eigenvalue weighted by Gasteiger charge is -2.00. The number of halogens is 2. The van der Waals surface area contributed by atoms with Crippen molar-refractivity contribution in [2.24, 2.45) is 0 Å². The highest BCUT2D eigenvalue weighted by molar-refractivity contribution is 7.86. The third kappa shape index (κ3) is 2.27. The van der Waals surface area contributed by atoms with Crippen molar-refractivity contribution in [3.8, 4) is 11.4 Å². The molecule has 0 saturated carbocycles. The van der Waals surface area contributed by atoms with Crippen molar-refractivity contribution in [2.75, 3.05) is 0 Å². The van der Waals surface area contributed by atoms with E-state index in [0.717, 1.165) is 11.5 Å². The van der Waals surface area contributed by atoms with Gasteiger partial charge in [-0.2, -0.15) is 13.5 Å². The van der Waals surface area contributed by atoms with E-state index in [9.17, 15) is 17.4 Å². The van der Waals surface area contributed by atoms with Gasteiger partial charge in [0, 0.05) is 21.3 Å². The summed E-state index contributed by atoms with van der Waals surface area (Å²) in [5, 5.41) is 8.39. The average Bonchev–Trinajstić information content (AvgIpc) is 3.08. The molecule has 0 spiro atoms. The molecule has 4 aromatic rings. The van der Waals surface area contributed by atoms with Gasteiger partial charge in [-0.15, -0.1) is 0 Å². The van der Waals surface area contributed by atoms with Crippen molar-refractivity contribution in [3.05, 3.63) is 47.2 Å². The molecule has 122 valence electrons. The van der Waals surface area contributed by atoms with Gasteiger partial charge in [-0.1, -0.05) is 11.6 Å². The van der Waals surface area contributed by atoms with E-state index in [4.69, 9.17) is 11.6 Å². The summed E-state index contributed by atoms with van der Waals surface area (Å²) in [6.45, 7) is 0. The minimum Gasteiger partial charge on any atom is -0.353 e. The van der Waals surface area contributed by atoms with Crippen molar-refractivity contribution in [3.63, 3.8) is 0 Å². The number of fused-ring (bicyclic) bond motifs is 2. The molecule has 0 aliphatic carbocycles. The molecular formula is C15H9ClFN3O3S. The Labute approximate surface area is 140 Å². The summed E-state index contributed by atoms with van der Waals surface area (Å²) in [7, 11) is -4.70. The number of hydrogen-bond donors (Lipinski definition) is 3. The zero-order valence-electron chi connectivity index (χ0n) is 11.8. The van der Waals surface area contributed by atoms with E-state index in [0.29, 0.717) is 27.4 Å². The first kappa shape index (κ1) is 15.1. The van der Waals surface area contributed by atoms with Crippen LogP contribution in [-0.4, -0.2) is 28.2 Å². The second-order valence-electron chi connectivity index (χ2n) is 5.26. The van der Waals surface area contributed by atoms with Gasteiger partial charge < -0.3 is 4.98 Å². The molecule has 0 bridgehead atoms. The molecule has 2 heterocycles. The minimum atomic E-state index is -4.70. The maximum Gasteiger partial charge on any atom is 0.298 e. The monoisotopic (exact) mass is 365 g/mol. The fourth-order valence-electron chi connectivity index (χ4n) is 2.74. The standard InChI is InChI=1S/C15H9ClFN3O3S/c16-7-1-2-8-12(5-7)19-20-14(8)13-6-9-11(18-13)4-3-10(17)15(9)24(21,22)23/h1-6,18H,(H,19,20)(H,21,22,23). The van der Waals surface area contributed by atoms with Gasteiger partial charge in [0.2, 0.25) is 0 Å². The van der Waals surface area contributed by atoms with E-state index in [1.807, 2.05) is 0 Å². The molecule has 0 unspecified atom stereocenters. The highest BCUT2D eigenvalue weighted by Gasteiger charge is 2.22. The molecule has 4 rings (SSSR count). The van der Waals surface area contributed by atoms with Crippen LogP contribution in [0.5, 0.6) is 0 Å². The van der Waals surface area contributed by atoms with E-state index >= 15 is 0 Å². The Morgan fingerprint density at radius 2 is 1.88 bits per heavy atom. The van der Waals surface area contributed by atoms with Crippen molar-refractivity contribution in [1.82, 2.24) is 15.2 Å². The van der Waals surface area contributed by atoms with Crippen molar-refractivity contribution in [2.45, 2.75) is 4.90 Å². The predicted molar refractivity (Wildman–Crippen MR) is 88.2 cm³/mol. The van der Waals surface area contributed by atoms with Crippen LogP contribution in [0, 0.1) is 5.82 Å². The molecule has 0 radical (unpaired) electrons. The van der Waals surface area contributed by atoms with Crippen molar-refractivity contribution < 1.29 is 17.4 Å². The number of hydrogen-bond acceptors (Lipinski definition) is 3. The van der Waals surface area contributed by atoms with Crippen LogP contribution in [0.4, 0.5) is 4.39 Å². The van der Waals surface area contributed by atoms with Crippen LogP contribution in [0.25, 0.3) is 33.2 Å². The van der Waals surface area contributed by atoms with Crippen LogP contribution in [-0.2, 0) is 10.1 Å². The Bertz CT molecular complexity index is 1210. The first-order valence-corrected chi connectivity index (χ1v) is 8.59. The van der Waals surface area contributed by atoms with E-state index in [1.54, 1.807) is 18.2 Å². The van der Waals surface area contributed by atoms with E-state index in [2.05, 4.69) is 15.2 Å². The molecule has 0 fully saturated rings. The second-order valence-corrected chi connectivity index (χ2v) is 7.05. The summed E-state index contributed by atoms with van der Waals surface area (Å²) in [6.07, 6.45) is 0. The van der Waals surface area contributed by atoms with Gasteiger partial charge in [0.1, 0.15) is 16.4 Å². The number of aromatic nitrogens is 3. The third-order valence-corrected chi connectivity index (χ3v) is 4.91. The highest BCUT2D eigenvalue weighted by Crippen LogP contribution is 2.33. The van der Waals surface area contributed by atoms with E-state index < -0.39 is 20.8 Å². The summed E-state index contributed by atoms with van der Waals surface area (Å²) >= 11 is 5.93. The van der Waals surface area contributed by atoms with Crippen LogP contribution < -0.4 is 0 Å². The largest absolute Gasteiger partial charge is 0.353 e. The van der Waals surface area contributed by atoms with Gasteiger partial charge in [0.25, 0.3) is 10.1 Å². The van der Waals surface area contributed by atoms with Crippen molar-refractivity contribution >= 4 is 43.5 Å². The molecule has 0 aliphatic heterocycles. The molecule has 2 aromatic heterocycles. The molecule has 0 aliphatic rings. The Morgan fingerprint density at radius 1 is 1.08 bits per heavy atom. The van der Waals surface area contributed by atoms with Gasteiger partial charge in [0.15, 0.2) is 0 Å². The fraction of sp³-hybridized carbons (Fsp3) is 0. The molecule has 0 saturated heterocycles. The van der Waals surface area contributed by atoms with Crippen LogP contribution in [0.2, 0.25) is 5.02 Å². The zero-order chi connectivity index (χ0) is 17.1. The Morgan fingerprint density at radius 3 is 2.62 bits per heavy atom. The predicted octanol–water partition coefficient (Wildman–Crippen LogP) is 3.75. The lowest BCUT2D eigenvalue weighted by atomic mass is 10.1. The van der Waals surface area contributed by atoms with E-state index in [1.165, 1.54) is 12.1 Å². The summed E-state index contributed by atoms with van der Waals surface area (Å²) in [4.78, 5) is 2.23. The molecule has 24 heavy (non-hydrogen) atoms. The third-order valence-electron chi connectivity index (χ3n) is 3.74. The summed E-state index contributed by atoms with van der Waals surface area (Å²) in [5.41, 5.74) is 2.08. The first-order valence-electron chi connectivity index (χ1n) is 6.77. The molecule has 0 amide bonds. The molecule has 0 atom stereocenters. The zero-order valence-corrected chi connectivity index (χ0v) is 13.4. The second kappa shape index (κ2) is 5.04. The maximum absolute atomic E-state index is 13.9. The number of nitrogens with one attached hydrogen (secondary N) is 2. The van der Waals surface area contributed by atoms with Crippen LogP contribution >= 0.6 is 11.6 Å². The van der Waals surface area contributed by atoms with Gasteiger partial charge in [-0.3, -0.25) is 9.65 Å². The Kier molecular flexibility index (Phi) is 3.17. The number of benzene rings is 2. The maximum atomic E-state index is 13.9. The Balaban J connectivity index is 2.01. The van der Waals surface area contributed by atoms with Gasteiger partial charge in [-0.05, 0) is 36.4 Å². The van der Waals surface area contributed by atoms with Gasteiger partial charge >= 0.3 is 0 Å². The summed E-state index contributed by atoms with van der Waals surface area (Å²) in [5.74, 6) is -1.02. The lowest BCUT2D eigenvalue weighted by molar-refractivity contribution is 0.475. The number of rotatable bonds is 2. The lowest BCUT2D eigenvalue weighted by Crippen LogP contribution is -2.01. The molecule has 3 N–H and O–H groups in total. The van der Waals surface area contributed by atoms with Crippen LogP contribution in [0.15, 0.2) is 41.3 Å². The summed E-state index contributed by atoms with van der Waals surface area (Å²) < 4.78 is 46.1. The molecule has 9 heteroatoms. The van der Waals surface area contributed by atoms with Crippen LogP contribution in [0.1, 0.15) is 0 Å². The highest BCUT2D eigenvalue weighted by atomic mass is 35.5. The van der Waals surface area contributed by atoms with Crippen molar-refractivity contribution in [1.29, 1.82) is 0 Å². The topological polar surface area (TPSA) is 98.8 Å². The molecule has 6 nitrogen and oxygen atoms in total. The number of nitrogens with zero attached hydrogens (tertiary/aromatic N) is 1. The SMILES string of the molecule is O=S(=O)(O)c1c(F)ccc2[nH]c(-c3n[nH]c4cc(Cl)ccc34)cc12. The fourth-order valence-corrected chi connectivity index (χ4v) is 3.67. The smallest absolute Gasteiger partial charge is 0.298 e. The summed E-state index contributed by atoms with van der Waals surface area (Å²) in [6, 6.07) is 8.99.